The molecule has 0 spiro atoms. The van der Waals surface area contributed by atoms with Crippen LogP contribution in [0.15, 0.2) is 35.8 Å². The second-order valence-corrected chi connectivity index (χ2v) is 18.9. The maximum atomic E-state index is 14.8. The Morgan fingerprint density at radius 3 is 2.49 bits per heavy atom. The van der Waals surface area contributed by atoms with E-state index < -0.39 is 75.0 Å². The maximum Gasteiger partial charge on any atom is 0.407 e. The number of carbonyl (C=O) groups is 4. The first-order valence-corrected chi connectivity index (χ1v) is 22.2. The number of rotatable bonds is 8. The number of sulfonamides is 1. The zero-order chi connectivity index (χ0) is 41.1. The fraction of sp³-hybridized carbons (Fsp3) is 0.683. The number of fused-ring (bicyclic) bond motifs is 4. The lowest BCUT2D eigenvalue weighted by atomic mass is 9.85. The molecule has 16 heteroatoms. The number of nitrogens with zero attached hydrogens (tertiary/aromatic N) is 3. The van der Waals surface area contributed by atoms with Gasteiger partial charge in [-0.1, -0.05) is 64.2 Å². The summed E-state index contributed by atoms with van der Waals surface area (Å²) in [7, 11) is -3.96. The van der Waals surface area contributed by atoms with E-state index in [1.54, 1.807) is 11.8 Å². The second kappa shape index (κ2) is 17.8. The van der Waals surface area contributed by atoms with Crippen molar-refractivity contribution < 1.29 is 42.2 Å². The number of aliphatic imine (C=N–C) groups is 1. The van der Waals surface area contributed by atoms with Gasteiger partial charge in [0.15, 0.2) is 6.23 Å². The molecule has 15 nitrogen and oxygen atoms in total. The third-order valence-electron chi connectivity index (χ3n) is 12.5. The first-order valence-electron chi connectivity index (χ1n) is 20.7. The lowest BCUT2D eigenvalue weighted by Gasteiger charge is -2.36. The summed E-state index contributed by atoms with van der Waals surface area (Å²) in [4.78, 5) is 64.3. The van der Waals surface area contributed by atoms with Crippen molar-refractivity contribution in [3.63, 3.8) is 0 Å². The number of hydrogen-bond donors (Lipinski definition) is 4. The largest absolute Gasteiger partial charge is 0.460 e. The summed E-state index contributed by atoms with van der Waals surface area (Å²) < 4.78 is 40.1. The lowest BCUT2D eigenvalue weighted by Crippen LogP contribution is -2.64. The predicted octanol–water partition coefficient (Wildman–Crippen LogP) is 4.47. The summed E-state index contributed by atoms with van der Waals surface area (Å²) >= 11 is 0. The monoisotopic (exact) mass is 812 g/mol. The predicted molar refractivity (Wildman–Crippen MR) is 213 cm³/mol. The normalized spacial score (nSPS) is 28.4. The second-order valence-electron chi connectivity index (χ2n) is 16.9. The van der Waals surface area contributed by atoms with Crippen molar-refractivity contribution in [2.75, 3.05) is 19.7 Å². The molecule has 4 N–H and O–H groups in total. The van der Waals surface area contributed by atoms with Gasteiger partial charge < -0.3 is 30.1 Å². The summed E-state index contributed by atoms with van der Waals surface area (Å²) in [6, 6.07) is 3.65. The van der Waals surface area contributed by atoms with E-state index in [9.17, 15) is 32.7 Å². The Labute approximate surface area is 336 Å². The minimum absolute atomic E-state index is 0.0124. The highest BCUT2D eigenvalue weighted by Crippen LogP contribution is 2.37. The number of ether oxygens (including phenoxy) is 2. The number of amides is 4. The molecule has 5 aliphatic rings. The summed E-state index contributed by atoms with van der Waals surface area (Å²) in [6.07, 6.45) is 7.16. The maximum absolute atomic E-state index is 14.8. The topological polar surface area (TPSA) is 196 Å². The summed E-state index contributed by atoms with van der Waals surface area (Å²) in [6.45, 7) is 11.5. The highest BCUT2D eigenvalue weighted by molar-refractivity contribution is 7.91. The third kappa shape index (κ3) is 9.76. The van der Waals surface area contributed by atoms with E-state index >= 15 is 0 Å². The number of cyclic esters (lactones) is 1. The molecule has 0 radical (unpaired) electrons. The van der Waals surface area contributed by atoms with Crippen LogP contribution in [0.3, 0.4) is 0 Å². The molecule has 0 aromatic heterocycles. The molecule has 1 aromatic rings. The van der Waals surface area contributed by atoms with Crippen LogP contribution in [-0.4, -0.2) is 102 Å². The number of aryl methyl sites for hydroxylation is 1. The van der Waals surface area contributed by atoms with Gasteiger partial charge in [-0.05, 0) is 75.8 Å². The number of benzene rings is 1. The molecule has 1 unspecified atom stereocenters. The van der Waals surface area contributed by atoms with E-state index in [0.29, 0.717) is 55.8 Å². The van der Waals surface area contributed by atoms with Crippen molar-refractivity contribution >= 4 is 45.5 Å². The van der Waals surface area contributed by atoms with Crippen molar-refractivity contribution in [2.24, 2.45) is 22.7 Å². The minimum Gasteiger partial charge on any atom is -0.460 e. The first kappa shape index (κ1) is 42.4. The van der Waals surface area contributed by atoms with Gasteiger partial charge >= 0.3 is 6.09 Å². The SMILES string of the molecule is C=C[C@H](C)[C@@](C)(NC(=O)[C@@H]1C[C@@H]2CN1C(=O)[C@H](C1CCCC1)NC(=O)OCC[C@H](C)CCCCCN1C(=Nc3cc(C)ccc3C1O)O2)C(=O)NS(=O)(=O)C1CC1. The van der Waals surface area contributed by atoms with E-state index in [-0.39, 0.29) is 31.5 Å². The van der Waals surface area contributed by atoms with Gasteiger partial charge in [-0.3, -0.25) is 24.0 Å². The molecule has 6 rings (SSSR count). The van der Waals surface area contributed by atoms with Gasteiger partial charge in [0.1, 0.15) is 23.7 Å². The summed E-state index contributed by atoms with van der Waals surface area (Å²) in [5.74, 6) is -2.71. The number of amidine groups is 1. The molecule has 3 heterocycles. The highest BCUT2D eigenvalue weighted by Gasteiger charge is 2.50. The first-order chi connectivity index (χ1) is 27.1. The molecule has 2 saturated carbocycles. The van der Waals surface area contributed by atoms with Crippen LogP contribution in [0.1, 0.15) is 115 Å². The molecule has 57 heavy (non-hydrogen) atoms. The van der Waals surface area contributed by atoms with Gasteiger partial charge in [-0.25, -0.2) is 13.2 Å². The van der Waals surface area contributed by atoms with E-state index in [1.165, 1.54) is 17.9 Å². The zero-order valence-electron chi connectivity index (χ0n) is 33.7. The molecule has 3 aliphatic heterocycles. The van der Waals surface area contributed by atoms with Gasteiger partial charge in [0.05, 0.1) is 24.1 Å². The van der Waals surface area contributed by atoms with Gasteiger partial charge in [-0.15, -0.1) is 6.58 Å². The molecule has 2 aliphatic carbocycles. The van der Waals surface area contributed by atoms with Crippen LogP contribution in [-0.2, 0) is 33.9 Å². The standard InChI is InChI=1S/C41H60N6O9S/c1-6-27(4)41(5,38(51)45-57(53,54)30-16-17-30)44-35(48)33-23-29-24-47(33)37(50)34(28-13-9-10-14-28)43-40(52)55-21-19-25(2)12-8-7-11-20-46-36(49)31-18-15-26(3)22-32(31)42-39(46)56-29/h6,15,18,22,25,27-30,33-34,36,49H,1,7-14,16-17,19-21,23-24H2,2-5H3,(H,43,52)(H,44,48)(H,45,51)/t25-,27+,29-,33+,34+,36?,41-/m1/s1. The Hall–Kier alpha value is -4.18. The van der Waals surface area contributed by atoms with Crippen LogP contribution in [0.5, 0.6) is 0 Å². The molecule has 4 fully saturated rings. The fourth-order valence-corrected chi connectivity index (χ4v) is 9.76. The molecule has 2 bridgehead atoms. The van der Waals surface area contributed by atoms with E-state index in [4.69, 9.17) is 14.5 Å². The van der Waals surface area contributed by atoms with Crippen LogP contribution in [0, 0.1) is 24.7 Å². The third-order valence-corrected chi connectivity index (χ3v) is 14.3. The van der Waals surface area contributed by atoms with Crippen LogP contribution >= 0.6 is 0 Å². The van der Waals surface area contributed by atoms with Gasteiger partial charge in [0.2, 0.25) is 21.8 Å². The van der Waals surface area contributed by atoms with E-state index in [1.807, 2.05) is 25.1 Å². The Morgan fingerprint density at radius 1 is 1.07 bits per heavy atom. The Morgan fingerprint density at radius 2 is 1.79 bits per heavy atom. The number of aliphatic hydroxyl groups is 1. The molecule has 4 amide bonds. The summed E-state index contributed by atoms with van der Waals surface area (Å²) in [5.41, 5.74) is 0.396. The van der Waals surface area contributed by atoms with E-state index in [0.717, 1.165) is 44.1 Å². The van der Waals surface area contributed by atoms with Crippen molar-refractivity contribution in [1.82, 2.24) is 25.2 Å². The highest BCUT2D eigenvalue weighted by atomic mass is 32.2. The smallest absolute Gasteiger partial charge is 0.407 e. The number of nitrogens with one attached hydrogen (secondary N) is 3. The molecular weight excluding hydrogens is 753 g/mol. The minimum atomic E-state index is -3.96. The Bertz CT molecular complexity index is 1830. The van der Waals surface area contributed by atoms with Gasteiger partial charge in [-0.2, -0.15) is 4.99 Å². The van der Waals surface area contributed by atoms with Crippen molar-refractivity contribution in [1.29, 1.82) is 0 Å². The van der Waals surface area contributed by atoms with Gasteiger partial charge in [0, 0.05) is 24.4 Å². The molecule has 1 aromatic carbocycles. The Kier molecular flexibility index (Phi) is 13.2. The van der Waals surface area contributed by atoms with Crippen LogP contribution < -0.4 is 15.4 Å². The summed E-state index contributed by atoms with van der Waals surface area (Å²) in [5, 5.41) is 16.7. The number of alkyl carbamates (subject to hydrolysis) is 1. The Balaban J connectivity index is 1.35. The van der Waals surface area contributed by atoms with Crippen molar-refractivity contribution in [3.8, 4) is 0 Å². The molecule has 7 atom stereocenters. The average molecular weight is 813 g/mol. The lowest BCUT2D eigenvalue weighted by molar-refractivity contribution is -0.143. The molecule has 314 valence electrons. The van der Waals surface area contributed by atoms with Crippen LogP contribution in [0.4, 0.5) is 10.5 Å². The average Bonchev–Trinajstić information content (AvgIpc) is 3.74. The van der Waals surface area contributed by atoms with Crippen molar-refractivity contribution in [2.45, 2.75) is 140 Å². The van der Waals surface area contributed by atoms with Crippen LogP contribution in [0.25, 0.3) is 0 Å². The molecular formula is C41H60N6O9S. The molecule has 2 saturated heterocycles. The van der Waals surface area contributed by atoms with Crippen molar-refractivity contribution in [3.05, 3.63) is 42.0 Å². The number of hydrogen-bond acceptors (Lipinski definition) is 11. The van der Waals surface area contributed by atoms with E-state index in [2.05, 4.69) is 28.9 Å². The van der Waals surface area contributed by atoms with Crippen LogP contribution in [0.2, 0.25) is 0 Å². The van der Waals surface area contributed by atoms with Gasteiger partial charge in [0.25, 0.3) is 11.9 Å². The quantitative estimate of drug-likeness (QED) is 0.272. The fourth-order valence-electron chi connectivity index (χ4n) is 8.36. The number of carbonyl (C=O) groups excluding carboxylic acids is 4. The number of aliphatic hydroxyl groups excluding tert-OH is 1. The zero-order valence-corrected chi connectivity index (χ0v) is 34.5.